The molecule has 0 bridgehead atoms. The number of nitrogens with zero attached hydrogens (tertiary/aromatic N) is 3. The van der Waals surface area contributed by atoms with Crippen molar-refractivity contribution in [1.29, 1.82) is 0 Å². The molecule has 0 aliphatic heterocycles. The summed E-state index contributed by atoms with van der Waals surface area (Å²) in [4.78, 5) is 34.4. The van der Waals surface area contributed by atoms with E-state index in [1.54, 1.807) is 61.5 Å². The molecule has 13 nitrogen and oxygen atoms in total. The van der Waals surface area contributed by atoms with Crippen LogP contribution in [-0.2, 0) is 35.1 Å². The number of aromatic amines is 1. The van der Waals surface area contributed by atoms with E-state index in [1.807, 2.05) is 45.3 Å². The third-order valence-corrected chi connectivity index (χ3v) is 7.91. The first kappa shape index (κ1) is 55.4. The van der Waals surface area contributed by atoms with Crippen LogP contribution in [0.1, 0.15) is 101 Å². The van der Waals surface area contributed by atoms with Gasteiger partial charge in [0.25, 0.3) is 10.1 Å². The minimum atomic E-state index is -3.46. The summed E-state index contributed by atoms with van der Waals surface area (Å²) < 4.78 is 66.9. The van der Waals surface area contributed by atoms with Crippen molar-refractivity contribution in [3.63, 3.8) is 0 Å². The number of amides is 1. The standard InChI is InChI=1S/C16H21BrFN3O2.C10H20O5S.C8H6BrFN2.C4H9O.K/c1-9(19-15(22)23-16(3,4)5)8-21-10(2)20-14-12(18)6-11(17)7-13(14)21;1-8(15-16(5,12)13)6-7-9(11)14-10(2,3)4;1-4-11-7-3-5(9)2-6(10)8(7)12-4;1-4(2,3)5;/h6-7,9H,8H2,1-5H3,(H,19,22);8H,6-7H2,1-5H3;2-3H,1H3,(H,11,12);1-3H3;/q;;;-1;+1. The Bertz CT molecular complexity index is 2040. The van der Waals surface area contributed by atoms with E-state index < -0.39 is 39.1 Å². The number of aromatic nitrogens is 4. The Hall–Kier alpha value is -1.55. The maximum atomic E-state index is 14.0. The number of H-pyrrole nitrogens is 1. The van der Waals surface area contributed by atoms with E-state index in [4.69, 9.17) is 9.47 Å². The van der Waals surface area contributed by atoms with Crippen molar-refractivity contribution in [3.05, 3.63) is 56.5 Å². The molecule has 0 aliphatic rings. The van der Waals surface area contributed by atoms with Gasteiger partial charge in [0.2, 0.25) is 0 Å². The normalized spacial score (nSPS) is 12.8. The molecule has 2 heterocycles. The Morgan fingerprint density at radius 1 is 0.895 bits per heavy atom. The molecule has 0 saturated carbocycles. The van der Waals surface area contributed by atoms with Gasteiger partial charge >= 0.3 is 63.4 Å². The van der Waals surface area contributed by atoms with E-state index in [1.165, 1.54) is 12.1 Å². The number of alkyl carbamates (subject to hydrolysis) is 1. The van der Waals surface area contributed by atoms with Gasteiger partial charge in [-0.15, -0.1) is 5.60 Å². The van der Waals surface area contributed by atoms with Crippen molar-refractivity contribution < 1.29 is 96.9 Å². The minimum Gasteiger partial charge on any atom is -0.850 e. The number of nitrogens with one attached hydrogen (secondary N) is 2. The van der Waals surface area contributed by atoms with Gasteiger partial charge in [-0.25, -0.2) is 23.5 Å². The van der Waals surface area contributed by atoms with Gasteiger partial charge in [0, 0.05) is 28.0 Å². The number of hydrogen-bond donors (Lipinski definition) is 2. The van der Waals surface area contributed by atoms with Crippen molar-refractivity contribution in [2.75, 3.05) is 6.26 Å². The molecule has 316 valence electrons. The van der Waals surface area contributed by atoms with Crippen LogP contribution in [0.4, 0.5) is 13.6 Å². The summed E-state index contributed by atoms with van der Waals surface area (Å²) in [5, 5.41) is 12.9. The van der Waals surface area contributed by atoms with E-state index >= 15 is 0 Å². The van der Waals surface area contributed by atoms with Gasteiger partial charge in [0.15, 0.2) is 11.6 Å². The monoisotopic (exact) mass is 977 g/mol. The third kappa shape index (κ3) is 24.3. The average Bonchev–Trinajstić information content (AvgIpc) is 3.48. The van der Waals surface area contributed by atoms with Crippen LogP contribution >= 0.6 is 31.9 Å². The zero-order valence-electron chi connectivity index (χ0n) is 35.6. The van der Waals surface area contributed by atoms with Crippen LogP contribution in [0.5, 0.6) is 0 Å². The number of carbonyl (C=O) groups excluding carboxylic acids is 2. The smallest absolute Gasteiger partial charge is 0.850 e. The molecule has 2 N–H and O–H groups in total. The summed E-state index contributed by atoms with van der Waals surface area (Å²) in [6.45, 7) is 23.2. The first-order valence-corrected chi connectivity index (χ1v) is 21.1. The quantitative estimate of drug-likeness (QED) is 0.129. The maximum Gasteiger partial charge on any atom is 1.00 e. The van der Waals surface area contributed by atoms with Gasteiger partial charge in [0.1, 0.15) is 33.9 Å². The second kappa shape index (κ2) is 23.4. The number of carbonyl (C=O) groups is 2. The van der Waals surface area contributed by atoms with Crippen LogP contribution in [0.15, 0.2) is 33.2 Å². The molecule has 4 rings (SSSR count). The van der Waals surface area contributed by atoms with E-state index in [0.29, 0.717) is 39.8 Å². The Balaban J connectivity index is 0.000000805. The molecule has 2 unspecified atom stereocenters. The SMILES string of the molecule is CC(C)(C)[O-].CC(CCC(=O)OC(C)(C)C)OS(C)(=O)=O.Cc1nc2c(F)cc(Br)cc2[nH]1.Cc1nc2c(F)cc(Br)cc2n1CC(C)NC(=O)OC(C)(C)C.[K+]. The van der Waals surface area contributed by atoms with Crippen molar-refractivity contribution in [2.24, 2.45) is 0 Å². The zero-order valence-corrected chi connectivity index (χ0v) is 42.7. The van der Waals surface area contributed by atoms with Gasteiger partial charge in [0.05, 0.1) is 23.4 Å². The topological polar surface area (TPSA) is 178 Å². The predicted octanol–water partition coefficient (Wildman–Crippen LogP) is 5.55. The molecule has 0 radical (unpaired) electrons. The number of fused-ring (bicyclic) bond motifs is 2. The zero-order chi connectivity index (χ0) is 43.6. The van der Waals surface area contributed by atoms with Crippen LogP contribution in [0.2, 0.25) is 0 Å². The summed E-state index contributed by atoms with van der Waals surface area (Å²) in [5.41, 5.74) is 0.324. The fraction of sp³-hybridized carbons (Fsp3) is 0.579. The third-order valence-electron chi connectivity index (χ3n) is 6.32. The summed E-state index contributed by atoms with van der Waals surface area (Å²) in [6.07, 6.45) is 0.467. The summed E-state index contributed by atoms with van der Waals surface area (Å²) >= 11 is 6.50. The van der Waals surface area contributed by atoms with Gasteiger partial charge in [-0.2, -0.15) is 8.42 Å². The molecular formula is C38H56Br2F2KN5O8S. The van der Waals surface area contributed by atoms with Crippen molar-refractivity contribution in [3.8, 4) is 0 Å². The van der Waals surface area contributed by atoms with Gasteiger partial charge in [-0.3, -0.25) is 8.98 Å². The summed E-state index contributed by atoms with van der Waals surface area (Å²) in [6, 6.07) is 6.23. The van der Waals surface area contributed by atoms with E-state index in [2.05, 4.69) is 56.3 Å². The number of rotatable bonds is 8. The van der Waals surface area contributed by atoms with Crippen molar-refractivity contribution in [1.82, 2.24) is 24.8 Å². The Morgan fingerprint density at radius 3 is 1.88 bits per heavy atom. The number of halogens is 4. The number of aryl methyl sites for hydroxylation is 2. The molecule has 57 heavy (non-hydrogen) atoms. The molecule has 0 saturated heterocycles. The van der Waals surface area contributed by atoms with Crippen molar-refractivity contribution in [2.45, 2.75) is 138 Å². The number of esters is 1. The Morgan fingerprint density at radius 2 is 1.39 bits per heavy atom. The first-order chi connectivity index (χ1) is 25.2. The Labute approximate surface area is 395 Å². The van der Waals surface area contributed by atoms with Crippen LogP contribution in [0.3, 0.4) is 0 Å². The number of hydrogen-bond acceptors (Lipinski definition) is 10. The van der Waals surface area contributed by atoms with Gasteiger partial charge in [-0.1, -0.05) is 52.6 Å². The van der Waals surface area contributed by atoms with E-state index in [-0.39, 0.29) is 81.5 Å². The van der Waals surface area contributed by atoms with Crippen LogP contribution < -0.4 is 61.8 Å². The van der Waals surface area contributed by atoms with Gasteiger partial charge in [-0.05, 0) is 99.9 Å². The van der Waals surface area contributed by atoms with Crippen LogP contribution in [-0.4, -0.2) is 75.2 Å². The largest absolute Gasteiger partial charge is 1.00 e. The molecule has 4 aromatic rings. The second-order valence-corrected chi connectivity index (χ2v) is 19.5. The molecule has 2 atom stereocenters. The maximum absolute atomic E-state index is 14.0. The fourth-order valence-corrected chi connectivity index (χ4v) is 6.09. The molecule has 0 fully saturated rings. The van der Waals surface area contributed by atoms with Crippen molar-refractivity contribution >= 4 is 76.1 Å². The number of ether oxygens (including phenoxy) is 2. The predicted molar refractivity (Wildman–Crippen MR) is 220 cm³/mol. The molecule has 19 heteroatoms. The van der Waals surface area contributed by atoms with Crippen LogP contribution in [0, 0.1) is 25.5 Å². The van der Waals surface area contributed by atoms with Crippen LogP contribution in [0.25, 0.3) is 22.1 Å². The molecule has 1 amide bonds. The molecular weight excluding hydrogens is 923 g/mol. The number of imidazole rings is 2. The first-order valence-electron chi connectivity index (χ1n) is 17.7. The summed E-state index contributed by atoms with van der Waals surface area (Å²) in [7, 11) is -3.46. The fourth-order valence-electron chi connectivity index (χ4n) is 4.55. The second-order valence-electron chi connectivity index (χ2n) is 16.0. The van der Waals surface area contributed by atoms with E-state index in [9.17, 15) is 31.9 Å². The molecule has 2 aromatic carbocycles. The number of benzene rings is 2. The minimum absolute atomic E-state index is 0. The molecule has 0 aliphatic carbocycles. The Kier molecular flexibility index (Phi) is 22.8. The van der Waals surface area contributed by atoms with Gasteiger partial charge < -0.3 is 29.4 Å². The average molecular weight is 980 g/mol. The summed E-state index contributed by atoms with van der Waals surface area (Å²) in [5.74, 6) is 0.390. The molecule has 2 aromatic heterocycles. The molecule has 0 spiro atoms. The van der Waals surface area contributed by atoms with E-state index in [0.717, 1.165) is 22.1 Å².